The number of ether oxygens (including phenoxy) is 1. The summed E-state index contributed by atoms with van der Waals surface area (Å²) in [4.78, 5) is 14.0. The maximum atomic E-state index is 11.0. The first kappa shape index (κ1) is 13.7. The molecule has 5 heteroatoms. The van der Waals surface area contributed by atoms with Gasteiger partial charge in [-0.2, -0.15) is 0 Å². The molecule has 1 aromatic carbocycles. The van der Waals surface area contributed by atoms with E-state index in [1.54, 1.807) is 13.3 Å². The fraction of sp³-hybridized carbons (Fsp3) is 0.214. The van der Waals surface area contributed by atoms with Crippen molar-refractivity contribution in [3.8, 4) is 5.75 Å². The Morgan fingerprint density at radius 1 is 1.42 bits per heavy atom. The van der Waals surface area contributed by atoms with Crippen LogP contribution in [-0.4, -0.2) is 23.2 Å². The second-order valence-electron chi connectivity index (χ2n) is 4.19. The topological polar surface area (TPSA) is 62.3 Å². The summed E-state index contributed by atoms with van der Waals surface area (Å²) >= 11 is 3.42. The van der Waals surface area contributed by atoms with Crippen LogP contribution in [0, 0.1) is 0 Å². The molecule has 19 heavy (non-hydrogen) atoms. The molecular formula is C14H14BrNO3. The van der Waals surface area contributed by atoms with Crippen LogP contribution in [0.3, 0.4) is 0 Å². The van der Waals surface area contributed by atoms with E-state index in [2.05, 4.69) is 20.9 Å². The lowest BCUT2D eigenvalue weighted by atomic mass is 9.90. The van der Waals surface area contributed by atoms with Gasteiger partial charge >= 0.3 is 5.97 Å². The van der Waals surface area contributed by atoms with Crippen LogP contribution in [0.25, 0.3) is 0 Å². The third-order valence-electron chi connectivity index (χ3n) is 2.98. The SMILES string of the molecule is COc1ccc(C(CC(=O)O)c2cc[nH]c2)cc1Br. The number of rotatable bonds is 5. The number of carboxylic acid groups (broad SMARTS) is 1. The zero-order valence-electron chi connectivity index (χ0n) is 10.4. The Kier molecular flexibility index (Phi) is 4.27. The van der Waals surface area contributed by atoms with Gasteiger partial charge in [-0.15, -0.1) is 0 Å². The van der Waals surface area contributed by atoms with Gasteiger partial charge in [0.25, 0.3) is 0 Å². The standard InChI is InChI=1S/C14H14BrNO3/c1-19-13-3-2-9(6-12(13)15)11(7-14(17)18)10-4-5-16-8-10/h2-6,8,11,16H,7H2,1H3,(H,17,18). The number of aliphatic carboxylic acids is 1. The molecule has 0 saturated heterocycles. The Labute approximate surface area is 119 Å². The summed E-state index contributed by atoms with van der Waals surface area (Å²) in [5.74, 6) is -0.268. The number of benzene rings is 1. The van der Waals surface area contributed by atoms with E-state index in [4.69, 9.17) is 9.84 Å². The Balaban J connectivity index is 2.38. The van der Waals surface area contributed by atoms with Gasteiger partial charge in [0, 0.05) is 18.3 Å². The van der Waals surface area contributed by atoms with Gasteiger partial charge < -0.3 is 14.8 Å². The minimum absolute atomic E-state index is 0.0522. The zero-order valence-corrected chi connectivity index (χ0v) is 12.0. The number of aromatic amines is 1. The molecule has 0 radical (unpaired) electrons. The van der Waals surface area contributed by atoms with E-state index in [1.807, 2.05) is 30.5 Å². The van der Waals surface area contributed by atoms with E-state index in [9.17, 15) is 4.79 Å². The molecule has 0 aliphatic carbocycles. The van der Waals surface area contributed by atoms with Gasteiger partial charge in [0.1, 0.15) is 5.75 Å². The predicted molar refractivity (Wildman–Crippen MR) is 75.6 cm³/mol. The Bertz CT molecular complexity index is 566. The van der Waals surface area contributed by atoms with Gasteiger partial charge in [-0.1, -0.05) is 6.07 Å². The summed E-state index contributed by atoms with van der Waals surface area (Å²) in [6, 6.07) is 7.52. The van der Waals surface area contributed by atoms with Crippen molar-refractivity contribution in [3.05, 3.63) is 52.3 Å². The van der Waals surface area contributed by atoms with Crippen molar-refractivity contribution in [2.45, 2.75) is 12.3 Å². The zero-order chi connectivity index (χ0) is 13.8. The number of nitrogens with one attached hydrogen (secondary N) is 1. The fourth-order valence-electron chi connectivity index (χ4n) is 2.06. The molecule has 0 amide bonds. The molecule has 2 aromatic rings. The molecule has 2 N–H and O–H groups in total. The third kappa shape index (κ3) is 3.17. The molecule has 2 rings (SSSR count). The van der Waals surface area contributed by atoms with Crippen LogP contribution in [-0.2, 0) is 4.79 Å². The van der Waals surface area contributed by atoms with Crippen LogP contribution in [0.4, 0.5) is 0 Å². The maximum absolute atomic E-state index is 11.0. The molecule has 1 aromatic heterocycles. The first-order valence-corrected chi connectivity index (χ1v) is 6.59. The van der Waals surface area contributed by atoms with Crippen LogP contribution >= 0.6 is 15.9 Å². The van der Waals surface area contributed by atoms with Gasteiger partial charge in [0.05, 0.1) is 18.0 Å². The van der Waals surface area contributed by atoms with Crippen molar-refractivity contribution >= 4 is 21.9 Å². The van der Waals surface area contributed by atoms with Gasteiger partial charge in [0.2, 0.25) is 0 Å². The molecule has 0 fully saturated rings. The lowest BCUT2D eigenvalue weighted by molar-refractivity contribution is -0.137. The summed E-state index contributed by atoms with van der Waals surface area (Å²) in [6.07, 6.45) is 3.67. The van der Waals surface area contributed by atoms with E-state index in [0.29, 0.717) is 0 Å². The van der Waals surface area contributed by atoms with Gasteiger partial charge in [0.15, 0.2) is 0 Å². The highest BCUT2D eigenvalue weighted by molar-refractivity contribution is 9.10. The Morgan fingerprint density at radius 3 is 2.74 bits per heavy atom. The molecule has 1 atom stereocenters. The number of carbonyl (C=O) groups is 1. The van der Waals surface area contributed by atoms with Crippen LogP contribution < -0.4 is 4.74 Å². The monoisotopic (exact) mass is 323 g/mol. The smallest absolute Gasteiger partial charge is 0.304 e. The first-order chi connectivity index (χ1) is 9.11. The number of hydrogen-bond donors (Lipinski definition) is 2. The Hall–Kier alpha value is -1.75. The van der Waals surface area contributed by atoms with E-state index in [0.717, 1.165) is 21.3 Å². The number of hydrogen-bond acceptors (Lipinski definition) is 2. The molecule has 1 heterocycles. The van der Waals surface area contributed by atoms with Crippen molar-refractivity contribution in [2.24, 2.45) is 0 Å². The number of aromatic nitrogens is 1. The molecule has 1 unspecified atom stereocenters. The normalized spacial score (nSPS) is 12.1. The Morgan fingerprint density at radius 2 is 2.21 bits per heavy atom. The van der Waals surface area contributed by atoms with E-state index < -0.39 is 5.97 Å². The second kappa shape index (κ2) is 5.93. The van der Waals surface area contributed by atoms with Crippen LogP contribution in [0.2, 0.25) is 0 Å². The summed E-state index contributed by atoms with van der Waals surface area (Å²) in [7, 11) is 1.60. The van der Waals surface area contributed by atoms with Crippen LogP contribution in [0.5, 0.6) is 5.75 Å². The third-order valence-corrected chi connectivity index (χ3v) is 3.60. The lowest BCUT2D eigenvalue weighted by Crippen LogP contribution is -2.07. The van der Waals surface area contributed by atoms with Gasteiger partial charge in [-0.25, -0.2) is 0 Å². The van der Waals surface area contributed by atoms with Crippen molar-refractivity contribution in [1.82, 2.24) is 4.98 Å². The summed E-state index contributed by atoms with van der Waals surface area (Å²) < 4.78 is 6.00. The number of halogens is 1. The predicted octanol–water partition coefficient (Wildman–Crippen LogP) is 3.39. The minimum Gasteiger partial charge on any atom is -0.496 e. The van der Waals surface area contributed by atoms with Crippen LogP contribution in [0.15, 0.2) is 41.1 Å². The molecular weight excluding hydrogens is 310 g/mol. The number of methoxy groups -OCH3 is 1. The average Bonchev–Trinajstić information content (AvgIpc) is 2.89. The second-order valence-corrected chi connectivity index (χ2v) is 5.04. The molecule has 0 bridgehead atoms. The number of carboxylic acids is 1. The summed E-state index contributed by atoms with van der Waals surface area (Å²) in [6.45, 7) is 0. The highest BCUT2D eigenvalue weighted by atomic mass is 79.9. The van der Waals surface area contributed by atoms with Crippen molar-refractivity contribution in [2.75, 3.05) is 7.11 Å². The molecule has 0 saturated carbocycles. The van der Waals surface area contributed by atoms with E-state index in [1.165, 1.54) is 0 Å². The van der Waals surface area contributed by atoms with Gasteiger partial charge in [-0.05, 0) is 45.3 Å². The van der Waals surface area contributed by atoms with Crippen LogP contribution in [0.1, 0.15) is 23.5 Å². The summed E-state index contributed by atoms with van der Waals surface area (Å²) in [5.41, 5.74) is 1.90. The minimum atomic E-state index is -0.821. The van der Waals surface area contributed by atoms with Crippen molar-refractivity contribution in [1.29, 1.82) is 0 Å². The molecule has 4 nitrogen and oxygen atoms in total. The fourth-order valence-corrected chi connectivity index (χ4v) is 2.61. The lowest BCUT2D eigenvalue weighted by Gasteiger charge is -2.15. The largest absolute Gasteiger partial charge is 0.496 e. The van der Waals surface area contributed by atoms with Crippen molar-refractivity contribution in [3.63, 3.8) is 0 Å². The van der Waals surface area contributed by atoms with E-state index in [-0.39, 0.29) is 12.3 Å². The first-order valence-electron chi connectivity index (χ1n) is 5.79. The highest BCUT2D eigenvalue weighted by Crippen LogP contribution is 2.33. The van der Waals surface area contributed by atoms with Crippen molar-refractivity contribution < 1.29 is 14.6 Å². The highest BCUT2D eigenvalue weighted by Gasteiger charge is 2.19. The average molecular weight is 324 g/mol. The molecule has 0 spiro atoms. The molecule has 0 aliphatic heterocycles. The molecule has 0 aliphatic rings. The molecule has 100 valence electrons. The van der Waals surface area contributed by atoms with Gasteiger partial charge in [-0.3, -0.25) is 4.79 Å². The summed E-state index contributed by atoms with van der Waals surface area (Å²) in [5, 5.41) is 9.07. The maximum Gasteiger partial charge on any atom is 0.304 e. The van der Waals surface area contributed by atoms with E-state index >= 15 is 0 Å². The number of H-pyrrole nitrogens is 1. The quantitative estimate of drug-likeness (QED) is 0.886.